The van der Waals surface area contributed by atoms with Crippen LogP contribution in [0.15, 0.2) is 29.3 Å². The molecule has 2 aromatic rings. The van der Waals surface area contributed by atoms with E-state index in [1.165, 1.54) is 4.68 Å². The van der Waals surface area contributed by atoms with Gasteiger partial charge in [0.05, 0.1) is 18.7 Å². The number of aliphatic imine (C=N–C) groups is 1. The molecule has 0 saturated heterocycles. The van der Waals surface area contributed by atoms with Crippen molar-refractivity contribution in [2.24, 2.45) is 10.9 Å². The topological polar surface area (TPSA) is 56.5 Å². The van der Waals surface area contributed by atoms with Crippen LogP contribution >= 0.6 is 0 Å². The van der Waals surface area contributed by atoms with Crippen molar-refractivity contribution < 1.29 is 9.53 Å². The van der Waals surface area contributed by atoms with Crippen molar-refractivity contribution in [3.05, 3.63) is 30.0 Å². The summed E-state index contributed by atoms with van der Waals surface area (Å²) in [6, 6.07) is 7.76. The van der Waals surface area contributed by atoms with Gasteiger partial charge in [-0.25, -0.2) is 4.99 Å². The molecule has 3 rings (SSSR count). The quantitative estimate of drug-likeness (QED) is 0.817. The molecule has 1 aliphatic heterocycles. The number of hydrogen-bond donors (Lipinski definition) is 0. The summed E-state index contributed by atoms with van der Waals surface area (Å²) in [6.07, 6.45) is 2.92. The Kier molecular flexibility index (Phi) is 4.51. The smallest absolute Gasteiger partial charge is 0.257 e. The maximum Gasteiger partial charge on any atom is 0.257 e. The van der Waals surface area contributed by atoms with E-state index in [-0.39, 0.29) is 11.8 Å². The first-order chi connectivity index (χ1) is 11.6. The molecule has 0 amide bonds. The highest BCUT2D eigenvalue weighted by Crippen LogP contribution is 2.37. The molecule has 0 saturated carbocycles. The number of aryl methyl sites for hydroxylation is 1. The van der Waals surface area contributed by atoms with Crippen LogP contribution in [0.3, 0.4) is 0 Å². The molecule has 0 aliphatic carbocycles. The summed E-state index contributed by atoms with van der Waals surface area (Å²) in [6.45, 7) is 6.00. The van der Waals surface area contributed by atoms with E-state index in [2.05, 4.69) is 12.0 Å². The average molecular weight is 325 g/mol. The highest BCUT2D eigenvalue weighted by molar-refractivity contribution is 6.09. The number of carbonyl (C=O) groups is 1. The minimum Gasteiger partial charge on any atom is -0.497 e. The Balaban J connectivity index is 2.04. The molecule has 1 unspecified atom stereocenters. The maximum absolute atomic E-state index is 12.8. The van der Waals surface area contributed by atoms with Crippen molar-refractivity contribution in [3.8, 4) is 16.9 Å². The number of ether oxygens (including phenoxy) is 1. The second-order valence-electron chi connectivity index (χ2n) is 6.21. The average Bonchev–Trinajstić information content (AvgIpc) is 2.91. The van der Waals surface area contributed by atoms with Gasteiger partial charge < -0.3 is 4.74 Å². The van der Waals surface area contributed by atoms with Gasteiger partial charge in [-0.1, -0.05) is 31.9 Å². The van der Waals surface area contributed by atoms with E-state index in [9.17, 15) is 4.79 Å². The summed E-state index contributed by atoms with van der Waals surface area (Å²) in [5, 5.41) is 4.47. The van der Waals surface area contributed by atoms with Gasteiger partial charge in [-0.15, -0.1) is 0 Å². The van der Waals surface area contributed by atoms with E-state index >= 15 is 0 Å². The van der Waals surface area contributed by atoms with Crippen molar-refractivity contribution in [1.82, 2.24) is 9.78 Å². The number of methoxy groups -OCH3 is 1. The number of benzene rings is 1. The van der Waals surface area contributed by atoms with Crippen molar-refractivity contribution in [3.63, 3.8) is 0 Å². The molecule has 0 fully saturated rings. The zero-order chi connectivity index (χ0) is 17.3. The summed E-state index contributed by atoms with van der Waals surface area (Å²) in [7, 11) is 1.64. The number of unbranched alkanes of at least 4 members (excludes halogenated alkanes) is 1. The number of carbonyl (C=O) groups excluding carboxylic acids is 1. The fraction of sp³-hybridized carbons (Fsp3) is 0.421. The largest absolute Gasteiger partial charge is 0.497 e. The third kappa shape index (κ3) is 2.75. The first kappa shape index (κ1) is 16.4. The Labute approximate surface area is 142 Å². The molecule has 1 atom stereocenters. The Morgan fingerprint density at radius 3 is 2.54 bits per heavy atom. The maximum atomic E-state index is 12.8. The zero-order valence-electron chi connectivity index (χ0n) is 14.7. The first-order valence-electron chi connectivity index (χ1n) is 8.40. The summed E-state index contributed by atoms with van der Waals surface area (Å²) >= 11 is 0. The minimum absolute atomic E-state index is 0.0359. The molecule has 5 heteroatoms. The van der Waals surface area contributed by atoms with E-state index in [4.69, 9.17) is 9.73 Å². The summed E-state index contributed by atoms with van der Waals surface area (Å²) in [5.74, 6) is 1.33. The number of aromatic nitrogens is 2. The summed E-state index contributed by atoms with van der Waals surface area (Å²) < 4.78 is 6.70. The predicted molar refractivity (Wildman–Crippen MR) is 95.4 cm³/mol. The van der Waals surface area contributed by atoms with Gasteiger partial charge in [0, 0.05) is 11.3 Å². The van der Waals surface area contributed by atoms with Crippen LogP contribution in [0.2, 0.25) is 0 Å². The standard InChI is InChI=1S/C19H23N3O2/c1-5-6-7-16-12(2)20-18-17(13(3)21-22(18)19(16)23)14-8-10-15(24-4)11-9-14/h8-11,16H,5-7H2,1-4H3. The summed E-state index contributed by atoms with van der Waals surface area (Å²) in [4.78, 5) is 17.6. The molecule has 0 radical (unpaired) electrons. The van der Waals surface area contributed by atoms with Gasteiger partial charge in [0.2, 0.25) is 0 Å². The Morgan fingerprint density at radius 1 is 1.21 bits per heavy atom. The normalized spacial score (nSPS) is 16.8. The Bertz CT molecular complexity index is 788. The Hall–Kier alpha value is -2.43. The SMILES string of the molecule is CCCCC1C(=O)n2nc(C)c(-c3ccc(OC)cc3)c2N=C1C. The second-order valence-corrected chi connectivity index (χ2v) is 6.21. The van der Waals surface area contributed by atoms with Gasteiger partial charge in [-0.3, -0.25) is 4.79 Å². The predicted octanol–water partition coefficient (Wildman–Crippen LogP) is 4.42. The van der Waals surface area contributed by atoms with Crippen LogP contribution in [0, 0.1) is 12.8 Å². The van der Waals surface area contributed by atoms with Crippen LogP contribution in [0.25, 0.3) is 11.1 Å². The Morgan fingerprint density at radius 2 is 1.92 bits per heavy atom. The molecule has 0 bridgehead atoms. The third-order valence-electron chi connectivity index (χ3n) is 4.55. The monoisotopic (exact) mass is 325 g/mol. The highest BCUT2D eigenvalue weighted by Gasteiger charge is 2.32. The molecule has 2 heterocycles. The lowest BCUT2D eigenvalue weighted by atomic mass is 9.95. The van der Waals surface area contributed by atoms with Crippen molar-refractivity contribution in [1.29, 1.82) is 0 Å². The lowest BCUT2D eigenvalue weighted by molar-refractivity contribution is 0.0846. The van der Waals surface area contributed by atoms with Crippen molar-refractivity contribution in [2.75, 3.05) is 7.11 Å². The van der Waals surface area contributed by atoms with E-state index in [1.54, 1.807) is 7.11 Å². The van der Waals surface area contributed by atoms with Gasteiger partial charge in [0.1, 0.15) is 5.75 Å². The molecule has 24 heavy (non-hydrogen) atoms. The van der Waals surface area contributed by atoms with Crippen LogP contribution in [0.5, 0.6) is 5.75 Å². The lowest BCUT2D eigenvalue weighted by Crippen LogP contribution is -2.31. The van der Waals surface area contributed by atoms with Gasteiger partial charge in [0.15, 0.2) is 5.82 Å². The summed E-state index contributed by atoms with van der Waals surface area (Å²) in [5.41, 5.74) is 3.61. The van der Waals surface area contributed by atoms with Gasteiger partial charge >= 0.3 is 0 Å². The molecule has 0 N–H and O–H groups in total. The molecule has 1 aromatic carbocycles. The number of fused-ring (bicyclic) bond motifs is 1. The van der Waals surface area contributed by atoms with E-state index < -0.39 is 0 Å². The van der Waals surface area contributed by atoms with Gasteiger partial charge in [-0.2, -0.15) is 9.78 Å². The highest BCUT2D eigenvalue weighted by atomic mass is 16.5. The molecule has 1 aromatic heterocycles. The van der Waals surface area contributed by atoms with E-state index in [1.807, 2.05) is 38.1 Å². The lowest BCUT2D eigenvalue weighted by Gasteiger charge is -2.20. The van der Waals surface area contributed by atoms with Crippen LogP contribution in [0.4, 0.5) is 5.82 Å². The third-order valence-corrected chi connectivity index (χ3v) is 4.55. The molecular weight excluding hydrogens is 302 g/mol. The number of nitrogens with zero attached hydrogens (tertiary/aromatic N) is 3. The van der Waals surface area contributed by atoms with Crippen LogP contribution in [0.1, 0.15) is 43.6 Å². The fourth-order valence-corrected chi connectivity index (χ4v) is 3.18. The van der Waals surface area contributed by atoms with Crippen LogP contribution in [-0.4, -0.2) is 28.5 Å². The molecule has 126 valence electrons. The molecule has 1 aliphatic rings. The van der Waals surface area contributed by atoms with E-state index in [0.717, 1.165) is 47.5 Å². The molecule has 5 nitrogen and oxygen atoms in total. The van der Waals surface area contributed by atoms with E-state index in [0.29, 0.717) is 5.82 Å². The van der Waals surface area contributed by atoms with Crippen LogP contribution in [-0.2, 0) is 0 Å². The number of hydrogen-bond acceptors (Lipinski definition) is 4. The minimum atomic E-state index is -0.152. The van der Waals surface area contributed by atoms with Crippen molar-refractivity contribution in [2.45, 2.75) is 40.0 Å². The van der Waals surface area contributed by atoms with Gasteiger partial charge in [-0.05, 0) is 38.0 Å². The van der Waals surface area contributed by atoms with Gasteiger partial charge in [0.25, 0.3) is 5.91 Å². The van der Waals surface area contributed by atoms with Crippen LogP contribution < -0.4 is 4.74 Å². The fourth-order valence-electron chi connectivity index (χ4n) is 3.18. The first-order valence-corrected chi connectivity index (χ1v) is 8.40. The molecule has 0 spiro atoms. The zero-order valence-corrected chi connectivity index (χ0v) is 14.7. The number of rotatable bonds is 5. The molecular formula is C19H23N3O2. The second kappa shape index (κ2) is 6.59. The van der Waals surface area contributed by atoms with Crippen molar-refractivity contribution >= 4 is 17.4 Å².